The minimum atomic E-state index is -1.44. The fourth-order valence-electron chi connectivity index (χ4n) is 3.41. The molecular weight excluding hydrogens is 288 g/mol. The molecule has 0 aromatic rings. The van der Waals surface area contributed by atoms with Crippen LogP contribution in [0.25, 0.3) is 0 Å². The number of fused-ring (bicyclic) bond motifs is 2. The maximum Gasteiger partial charge on any atom is 0.310 e. The Morgan fingerprint density at radius 3 is 2.41 bits per heavy atom. The van der Waals surface area contributed by atoms with Gasteiger partial charge in [-0.25, -0.2) is 0 Å². The number of esters is 1. The molecule has 0 heterocycles. The number of methoxy groups -OCH3 is 3. The van der Waals surface area contributed by atoms with Gasteiger partial charge in [-0.2, -0.15) is 0 Å². The molecule has 3 rings (SSSR count). The molecule has 0 spiro atoms. The van der Waals surface area contributed by atoms with Gasteiger partial charge < -0.3 is 14.2 Å². The van der Waals surface area contributed by atoms with Crippen LogP contribution in [0.5, 0.6) is 0 Å². The van der Waals surface area contributed by atoms with Crippen molar-refractivity contribution in [3.63, 3.8) is 0 Å². The summed E-state index contributed by atoms with van der Waals surface area (Å²) in [5.74, 6) is -3.62. The van der Waals surface area contributed by atoms with E-state index in [0.717, 1.165) is 0 Å². The Morgan fingerprint density at radius 1 is 1.27 bits per heavy atom. The van der Waals surface area contributed by atoms with Crippen LogP contribution >= 0.6 is 0 Å². The molecule has 22 heavy (non-hydrogen) atoms. The van der Waals surface area contributed by atoms with Gasteiger partial charge in [-0.1, -0.05) is 18.2 Å². The second-order valence-electron chi connectivity index (χ2n) is 5.56. The number of hydrogen-bond donors (Lipinski definition) is 0. The first-order valence-corrected chi connectivity index (χ1v) is 7.00. The standard InChI is InChI=1S/C16H20O6/c1-10(17)5-7-15-8-6-11(9-12(15)13(18)20-2)16(21-3,22-4)14(15)19/h5-8,11-12H,9H2,1-4H3/b7-5+. The fraction of sp³-hybridized carbons (Fsp3) is 0.562. The highest BCUT2D eigenvalue weighted by Crippen LogP contribution is 2.54. The maximum atomic E-state index is 13.1. The van der Waals surface area contributed by atoms with Crippen LogP contribution in [-0.4, -0.2) is 44.7 Å². The summed E-state index contributed by atoms with van der Waals surface area (Å²) in [6, 6.07) is 0. The molecule has 1 saturated carbocycles. The van der Waals surface area contributed by atoms with Gasteiger partial charge in [0.25, 0.3) is 0 Å². The first-order chi connectivity index (χ1) is 10.4. The van der Waals surface area contributed by atoms with Gasteiger partial charge in [0.1, 0.15) is 0 Å². The largest absolute Gasteiger partial charge is 0.469 e. The molecule has 0 N–H and O–H groups in total. The average Bonchev–Trinajstić information content (AvgIpc) is 2.53. The number of carbonyl (C=O) groups excluding carboxylic acids is 3. The Kier molecular flexibility index (Phi) is 4.35. The van der Waals surface area contributed by atoms with Gasteiger partial charge in [0.05, 0.1) is 18.4 Å². The maximum absolute atomic E-state index is 13.1. The lowest BCUT2D eigenvalue weighted by molar-refractivity contribution is -0.245. The summed E-state index contributed by atoms with van der Waals surface area (Å²) in [7, 11) is 4.07. The van der Waals surface area contributed by atoms with Gasteiger partial charge in [0, 0.05) is 20.1 Å². The molecule has 3 unspecified atom stereocenters. The molecule has 0 amide bonds. The van der Waals surface area contributed by atoms with E-state index in [0.29, 0.717) is 6.42 Å². The summed E-state index contributed by atoms with van der Waals surface area (Å²) >= 11 is 0. The molecule has 6 heteroatoms. The zero-order valence-corrected chi connectivity index (χ0v) is 13.1. The predicted molar refractivity (Wildman–Crippen MR) is 76.8 cm³/mol. The van der Waals surface area contributed by atoms with Crippen molar-refractivity contribution in [3.8, 4) is 0 Å². The summed E-state index contributed by atoms with van der Waals surface area (Å²) in [5.41, 5.74) is -1.29. The van der Waals surface area contributed by atoms with E-state index in [4.69, 9.17) is 14.2 Å². The molecule has 0 aromatic carbocycles. The summed E-state index contributed by atoms with van der Waals surface area (Å²) in [6.07, 6.45) is 6.55. The van der Waals surface area contributed by atoms with Crippen LogP contribution in [-0.2, 0) is 28.6 Å². The van der Waals surface area contributed by atoms with Crippen LogP contribution in [0.15, 0.2) is 24.3 Å². The van der Waals surface area contributed by atoms with Crippen LogP contribution in [0.1, 0.15) is 13.3 Å². The first-order valence-electron chi connectivity index (χ1n) is 7.00. The number of hydrogen-bond acceptors (Lipinski definition) is 6. The topological polar surface area (TPSA) is 78.9 Å². The second-order valence-corrected chi connectivity index (χ2v) is 5.56. The zero-order valence-electron chi connectivity index (χ0n) is 13.1. The van der Waals surface area contributed by atoms with Crippen LogP contribution in [0.4, 0.5) is 0 Å². The van der Waals surface area contributed by atoms with Crippen molar-refractivity contribution in [2.45, 2.75) is 19.1 Å². The smallest absolute Gasteiger partial charge is 0.310 e. The summed E-state index contributed by atoms with van der Waals surface area (Å²) in [5, 5.41) is 0. The van der Waals surface area contributed by atoms with Crippen molar-refractivity contribution in [1.29, 1.82) is 0 Å². The minimum Gasteiger partial charge on any atom is -0.469 e. The van der Waals surface area contributed by atoms with Gasteiger partial charge in [0.15, 0.2) is 5.78 Å². The van der Waals surface area contributed by atoms with Crippen LogP contribution < -0.4 is 0 Å². The van der Waals surface area contributed by atoms with Crippen LogP contribution in [0, 0.1) is 17.3 Å². The van der Waals surface area contributed by atoms with Gasteiger partial charge in [-0.15, -0.1) is 0 Å². The highest BCUT2D eigenvalue weighted by atomic mass is 16.7. The van der Waals surface area contributed by atoms with E-state index in [2.05, 4.69) is 0 Å². The zero-order chi connectivity index (χ0) is 16.5. The number of ketones is 2. The van der Waals surface area contributed by atoms with Crippen molar-refractivity contribution in [1.82, 2.24) is 0 Å². The highest BCUT2D eigenvalue weighted by Gasteiger charge is 2.65. The third-order valence-electron chi connectivity index (χ3n) is 4.55. The summed E-state index contributed by atoms with van der Waals surface area (Å²) < 4.78 is 15.6. The number of rotatable bonds is 5. The lowest BCUT2D eigenvalue weighted by atomic mass is 9.55. The monoisotopic (exact) mass is 308 g/mol. The number of allylic oxidation sites excluding steroid dienone is 3. The van der Waals surface area contributed by atoms with Crippen molar-refractivity contribution in [2.24, 2.45) is 17.3 Å². The quantitative estimate of drug-likeness (QED) is 0.327. The molecule has 3 aliphatic rings. The van der Waals surface area contributed by atoms with E-state index in [9.17, 15) is 14.4 Å². The molecule has 0 saturated heterocycles. The number of carbonyl (C=O) groups is 3. The molecule has 1 fully saturated rings. The van der Waals surface area contributed by atoms with Gasteiger partial charge >= 0.3 is 5.97 Å². The Bertz CT molecular complexity index is 557. The molecular formula is C16H20O6. The lowest BCUT2D eigenvalue weighted by Gasteiger charge is -2.52. The SMILES string of the molecule is COC(=O)C1CC2C=CC1(/C=C/C(C)=O)C(=O)C2(OC)OC. The number of Topliss-reactive ketones (excluding diaryl/α,β-unsaturated/α-hetero) is 1. The third kappa shape index (κ3) is 2.14. The van der Waals surface area contributed by atoms with Crippen LogP contribution in [0.3, 0.4) is 0 Å². The Balaban J connectivity index is 2.60. The molecule has 3 aliphatic carbocycles. The molecule has 0 aliphatic heterocycles. The molecule has 0 aromatic heterocycles. The van der Waals surface area contributed by atoms with E-state index in [1.54, 1.807) is 12.2 Å². The summed E-state index contributed by atoms with van der Waals surface area (Å²) in [6.45, 7) is 1.38. The Hall–Kier alpha value is -1.79. The van der Waals surface area contributed by atoms with Crippen LogP contribution in [0.2, 0.25) is 0 Å². The van der Waals surface area contributed by atoms with E-state index < -0.39 is 28.9 Å². The van der Waals surface area contributed by atoms with E-state index in [1.165, 1.54) is 40.4 Å². The third-order valence-corrected chi connectivity index (χ3v) is 4.55. The molecule has 120 valence electrons. The summed E-state index contributed by atoms with van der Waals surface area (Å²) in [4.78, 5) is 36.5. The van der Waals surface area contributed by atoms with Gasteiger partial charge in [0.2, 0.25) is 11.6 Å². The normalized spacial score (nSPS) is 32.5. The fourth-order valence-corrected chi connectivity index (χ4v) is 3.41. The highest BCUT2D eigenvalue weighted by molar-refractivity contribution is 6.02. The van der Waals surface area contributed by atoms with E-state index >= 15 is 0 Å². The van der Waals surface area contributed by atoms with E-state index in [-0.39, 0.29) is 11.7 Å². The van der Waals surface area contributed by atoms with Crippen molar-refractivity contribution < 1.29 is 28.6 Å². The molecule has 3 atom stereocenters. The first kappa shape index (κ1) is 16.6. The molecule has 0 radical (unpaired) electrons. The van der Waals surface area contributed by atoms with Gasteiger partial charge in [-0.3, -0.25) is 14.4 Å². The van der Waals surface area contributed by atoms with Gasteiger partial charge in [-0.05, 0) is 19.4 Å². The predicted octanol–water partition coefficient (Wildman–Crippen LogP) is 1.06. The Morgan fingerprint density at radius 2 is 1.91 bits per heavy atom. The average molecular weight is 308 g/mol. The second kappa shape index (κ2) is 5.78. The van der Waals surface area contributed by atoms with Crippen molar-refractivity contribution >= 4 is 17.5 Å². The van der Waals surface area contributed by atoms with Crippen molar-refractivity contribution in [2.75, 3.05) is 21.3 Å². The van der Waals surface area contributed by atoms with Crippen molar-refractivity contribution in [3.05, 3.63) is 24.3 Å². The lowest BCUT2D eigenvalue weighted by Crippen LogP contribution is -2.64. The van der Waals surface area contributed by atoms with E-state index in [1.807, 2.05) is 0 Å². The number of ether oxygens (including phenoxy) is 3. The minimum absolute atomic E-state index is 0.215. The molecule has 2 bridgehead atoms. The Labute approximate surface area is 129 Å². The molecule has 6 nitrogen and oxygen atoms in total.